The Kier molecular flexibility index (Phi) is 6.97. The van der Waals surface area contributed by atoms with Crippen LogP contribution in [0.2, 0.25) is 0 Å². The van der Waals surface area contributed by atoms with Gasteiger partial charge in [-0.25, -0.2) is 4.79 Å². The van der Waals surface area contributed by atoms with Crippen LogP contribution in [0.25, 0.3) is 0 Å². The minimum absolute atomic E-state index is 0. The number of anilines is 1. The summed E-state index contributed by atoms with van der Waals surface area (Å²) in [6.07, 6.45) is 0.973. The van der Waals surface area contributed by atoms with E-state index in [-0.39, 0.29) is 24.5 Å². The highest BCUT2D eigenvalue weighted by atomic mass is 35.5. The molecule has 22 heavy (non-hydrogen) atoms. The molecule has 0 aliphatic carbocycles. The van der Waals surface area contributed by atoms with Gasteiger partial charge < -0.3 is 14.5 Å². The van der Waals surface area contributed by atoms with Gasteiger partial charge in [0, 0.05) is 18.8 Å². The number of nitrogens with zero attached hydrogens (tertiary/aromatic N) is 3. The zero-order valence-corrected chi connectivity index (χ0v) is 14.6. The number of rotatable bonds is 6. The number of ether oxygens (including phenoxy) is 1. The van der Waals surface area contributed by atoms with Crippen molar-refractivity contribution in [2.75, 3.05) is 45.7 Å². The molecule has 2 amide bonds. The number of benzene rings is 1. The first-order valence-electron chi connectivity index (χ1n) is 7.43. The van der Waals surface area contributed by atoms with Gasteiger partial charge in [-0.15, -0.1) is 12.4 Å². The SMILES string of the molecule is CCN1CC(CCN(C)C)N(c2ccc(OC)cc2)C1=O.Cl. The van der Waals surface area contributed by atoms with E-state index in [0.29, 0.717) is 0 Å². The molecule has 1 fully saturated rings. The zero-order valence-electron chi connectivity index (χ0n) is 13.8. The third kappa shape index (κ3) is 4.05. The lowest BCUT2D eigenvalue weighted by atomic mass is 10.1. The molecule has 0 radical (unpaired) electrons. The van der Waals surface area contributed by atoms with Crippen molar-refractivity contribution in [3.05, 3.63) is 24.3 Å². The van der Waals surface area contributed by atoms with Gasteiger partial charge in [-0.2, -0.15) is 0 Å². The summed E-state index contributed by atoms with van der Waals surface area (Å²) in [7, 11) is 5.77. The van der Waals surface area contributed by atoms with Gasteiger partial charge in [0.15, 0.2) is 0 Å². The van der Waals surface area contributed by atoms with E-state index in [9.17, 15) is 4.79 Å². The van der Waals surface area contributed by atoms with Gasteiger partial charge in [0.2, 0.25) is 0 Å². The number of urea groups is 1. The van der Waals surface area contributed by atoms with E-state index in [4.69, 9.17) is 4.74 Å². The molecule has 0 aromatic heterocycles. The quantitative estimate of drug-likeness (QED) is 0.806. The largest absolute Gasteiger partial charge is 0.497 e. The Morgan fingerprint density at radius 3 is 2.41 bits per heavy atom. The van der Waals surface area contributed by atoms with Gasteiger partial charge in [-0.05, 0) is 58.3 Å². The number of carbonyl (C=O) groups is 1. The van der Waals surface area contributed by atoms with E-state index in [0.717, 1.165) is 37.5 Å². The first-order valence-corrected chi connectivity index (χ1v) is 7.43. The fraction of sp³-hybridized carbons (Fsp3) is 0.562. The topological polar surface area (TPSA) is 36.0 Å². The summed E-state index contributed by atoms with van der Waals surface area (Å²) in [5.74, 6) is 0.808. The van der Waals surface area contributed by atoms with Gasteiger partial charge in [0.1, 0.15) is 5.75 Å². The molecule has 0 saturated carbocycles. The van der Waals surface area contributed by atoms with Crippen molar-refractivity contribution < 1.29 is 9.53 Å². The van der Waals surface area contributed by atoms with Crippen LogP contribution in [0.4, 0.5) is 10.5 Å². The van der Waals surface area contributed by atoms with Crippen molar-refractivity contribution in [1.82, 2.24) is 9.80 Å². The highest BCUT2D eigenvalue weighted by Gasteiger charge is 2.36. The van der Waals surface area contributed by atoms with Crippen LogP contribution >= 0.6 is 12.4 Å². The van der Waals surface area contributed by atoms with Gasteiger partial charge in [0.25, 0.3) is 0 Å². The number of amides is 2. The first-order chi connectivity index (χ1) is 10.1. The molecule has 1 saturated heterocycles. The molecule has 0 N–H and O–H groups in total. The van der Waals surface area contributed by atoms with E-state index >= 15 is 0 Å². The normalized spacial score (nSPS) is 17.9. The van der Waals surface area contributed by atoms with Crippen LogP contribution in [-0.2, 0) is 0 Å². The molecular formula is C16H26ClN3O2. The van der Waals surface area contributed by atoms with Crippen LogP contribution in [0.1, 0.15) is 13.3 Å². The molecular weight excluding hydrogens is 302 g/mol. The molecule has 1 heterocycles. The fourth-order valence-corrected chi connectivity index (χ4v) is 2.68. The second kappa shape index (κ2) is 8.25. The van der Waals surface area contributed by atoms with Crippen LogP contribution in [-0.4, -0.2) is 62.7 Å². The molecule has 6 heteroatoms. The maximum absolute atomic E-state index is 12.6. The minimum atomic E-state index is 0. The molecule has 5 nitrogen and oxygen atoms in total. The van der Waals surface area contributed by atoms with Crippen LogP contribution in [0.3, 0.4) is 0 Å². The predicted octanol–water partition coefficient (Wildman–Crippen LogP) is 2.70. The molecule has 1 unspecified atom stereocenters. The molecule has 1 aliphatic rings. The first kappa shape index (κ1) is 18.6. The van der Waals surface area contributed by atoms with Crippen LogP contribution in [0, 0.1) is 0 Å². The highest BCUT2D eigenvalue weighted by Crippen LogP contribution is 2.28. The summed E-state index contributed by atoms with van der Waals surface area (Å²) in [4.78, 5) is 18.5. The minimum Gasteiger partial charge on any atom is -0.497 e. The average Bonchev–Trinajstić information content (AvgIpc) is 2.81. The summed E-state index contributed by atoms with van der Waals surface area (Å²) in [6, 6.07) is 8.05. The van der Waals surface area contributed by atoms with Crippen LogP contribution < -0.4 is 9.64 Å². The van der Waals surface area contributed by atoms with Crippen LogP contribution in [0.15, 0.2) is 24.3 Å². The van der Waals surface area contributed by atoms with Gasteiger partial charge in [0.05, 0.1) is 13.2 Å². The Morgan fingerprint density at radius 1 is 1.27 bits per heavy atom. The summed E-state index contributed by atoms with van der Waals surface area (Å²) >= 11 is 0. The Bertz CT molecular complexity index is 479. The Morgan fingerprint density at radius 2 is 1.91 bits per heavy atom. The number of carbonyl (C=O) groups excluding carboxylic acids is 1. The third-order valence-electron chi connectivity index (χ3n) is 3.91. The lowest BCUT2D eigenvalue weighted by Gasteiger charge is -2.24. The summed E-state index contributed by atoms with van der Waals surface area (Å²) in [5, 5.41) is 0. The van der Waals surface area contributed by atoms with Crippen molar-refractivity contribution in [2.45, 2.75) is 19.4 Å². The highest BCUT2D eigenvalue weighted by molar-refractivity contribution is 5.95. The van der Waals surface area contributed by atoms with Crippen LogP contribution in [0.5, 0.6) is 5.75 Å². The Balaban J connectivity index is 0.00000242. The van der Waals surface area contributed by atoms with E-state index in [1.165, 1.54) is 0 Å². The van der Waals surface area contributed by atoms with Crippen molar-refractivity contribution in [1.29, 1.82) is 0 Å². The second-order valence-corrected chi connectivity index (χ2v) is 5.64. The number of hydrogen-bond acceptors (Lipinski definition) is 3. The number of methoxy groups -OCH3 is 1. The Labute approximate surface area is 139 Å². The predicted molar refractivity (Wildman–Crippen MR) is 92.3 cm³/mol. The smallest absolute Gasteiger partial charge is 0.324 e. The van der Waals surface area contributed by atoms with Gasteiger partial charge in [-0.3, -0.25) is 4.90 Å². The number of likely N-dealkylation sites (N-methyl/N-ethyl adjacent to an activating group) is 1. The van der Waals surface area contributed by atoms with Crippen molar-refractivity contribution in [3.63, 3.8) is 0 Å². The maximum Gasteiger partial charge on any atom is 0.324 e. The standard InChI is InChI=1S/C16H25N3O2.ClH/c1-5-18-12-14(10-11-17(2)3)19(16(18)20)13-6-8-15(21-4)9-7-13;/h6-9,14H,5,10-12H2,1-4H3;1H. The second-order valence-electron chi connectivity index (χ2n) is 5.64. The molecule has 1 atom stereocenters. The molecule has 124 valence electrons. The van der Waals surface area contributed by atoms with Crippen molar-refractivity contribution in [3.8, 4) is 5.75 Å². The average molecular weight is 328 g/mol. The third-order valence-corrected chi connectivity index (χ3v) is 3.91. The number of hydrogen-bond donors (Lipinski definition) is 0. The van der Waals surface area contributed by atoms with E-state index in [2.05, 4.69) is 19.0 Å². The molecule has 2 rings (SSSR count). The van der Waals surface area contributed by atoms with Crippen molar-refractivity contribution >= 4 is 24.1 Å². The van der Waals surface area contributed by atoms with E-state index < -0.39 is 0 Å². The molecule has 1 aliphatic heterocycles. The molecule has 0 spiro atoms. The lowest BCUT2D eigenvalue weighted by Crippen LogP contribution is -2.36. The fourth-order valence-electron chi connectivity index (χ4n) is 2.68. The number of halogens is 1. The maximum atomic E-state index is 12.6. The van der Waals surface area contributed by atoms with Gasteiger partial charge >= 0.3 is 6.03 Å². The summed E-state index contributed by atoms with van der Waals surface area (Å²) < 4.78 is 5.19. The zero-order chi connectivity index (χ0) is 15.4. The summed E-state index contributed by atoms with van der Waals surface area (Å²) in [5.41, 5.74) is 0.945. The van der Waals surface area contributed by atoms with Crippen molar-refractivity contribution in [2.24, 2.45) is 0 Å². The lowest BCUT2D eigenvalue weighted by molar-refractivity contribution is 0.223. The monoisotopic (exact) mass is 327 g/mol. The van der Waals surface area contributed by atoms with Gasteiger partial charge in [-0.1, -0.05) is 0 Å². The van der Waals surface area contributed by atoms with E-state index in [1.54, 1.807) is 7.11 Å². The van der Waals surface area contributed by atoms with E-state index in [1.807, 2.05) is 41.0 Å². The molecule has 1 aromatic rings. The summed E-state index contributed by atoms with van der Waals surface area (Å²) in [6.45, 7) is 4.56. The molecule has 1 aromatic carbocycles. The Hall–Kier alpha value is -1.46. The molecule has 0 bridgehead atoms.